The van der Waals surface area contributed by atoms with Crippen LogP contribution < -0.4 is 11.5 Å². The molecule has 2 amide bonds. The molecule has 22 heavy (non-hydrogen) atoms. The predicted octanol–water partition coefficient (Wildman–Crippen LogP) is 0.267. The van der Waals surface area contributed by atoms with Crippen LogP contribution in [0.3, 0.4) is 0 Å². The van der Waals surface area contributed by atoms with Crippen LogP contribution in [0.2, 0.25) is 0 Å². The highest BCUT2D eigenvalue weighted by atomic mass is 33.1. The van der Waals surface area contributed by atoms with Gasteiger partial charge in [0.1, 0.15) is 0 Å². The lowest BCUT2D eigenvalue weighted by Gasteiger charge is -2.22. The second-order valence-electron chi connectivity index (χ2n) is 5.84. The van der Waals surface area contributed by atoms with Crippen LogP contribution in [0.25, 0.3) is 0 Å². The molecule has 0 saturated carbocycles. The van der Waals surface area contributed by atoms with Gasteiger partial charge in [0.05, 0.1) is 12.1 Å². The number of rotatable bonds is 9. The van der Waals surface area contributed by atoms with Gasteiger partial charge < -0.3 is 11.5 Å². The van der Waals surface area contributed by atoms with E-state index in [-0.39, 0.29) is 23.9 Å². The summed E-state index contributed by atoms with van der Waals surface area (Å²) in [5.74, 6) is 1.60. The zero-order chi connectivity index (χ0) is 15.9. The molecule has 4 N–H and O–H groups in total. The van der Waals surface area contributed by atoms with Crippen LogP contribution in [0, 0.1) is 0 Å². The lowest BCUT2D eigenvalue weighted by atomic mass is 10.2. The number of nitrogens with two attached hydrogens (primary N) is 2. The Balaban J connectivity index is 1.54. The lowest BCUT2D eigenvalue weighted by molar-refractivity contribution is -0.123. The Morgan fingerprint density at radius 1 is 0.864 bits per heavy atom. The summed E-state index contributed by atoms with van der Waals surface area (Å²) < 4.78 is 0. The number of carbonyl (C=O) groups is 2. The second-order valence-corrected chi connectivity index (χ2v) is 8.54. The average molecular weight is 347 g/mol. The highest BCUT2D eigenvalue weighted by molar-refractivity contribution is 8.76. The second kappa shape index (κ2) is 9.00. The maximum Gasteiger partial charge on any atom is 0.234 e. The fraction of sp³-hybridized carbons (Fsp3) is 0.857. The molecule has 2 saturated heterocycles. The highest BCUT2D eigenvalue weighted by Gasteiger charge is 2.29. The molecule has 0 aromatic heterocycles. The molecule has 2 fully saturated rings. The van der Waals surface area contributed by atoms with Crippen LogP contribution in [0.4, 0.5) is 0 Å². The Morgan fingerprint density at radius 3 is 1.64 bits per heavy atom. The van der Waals surface area contributed by atoms with Crippen LogP contribution in [0.1, 0.15) is 25.7 Å². The minimum atomic E-state index is -0.193. The van der Waals surface area contributed by atoms with E-state index in [1.165, 1.54) is 0 Å². The Labute approximate surface area is 140 Å². The van der Waals surface area contributed by atoms with Crippen LogP contribution in [0.15, 0.2) is 0 Å². The van der Waals surface area contributed by atoms with E-state index in [9.17, 15) is 9.59 Å². The molecule has 2 aliphatic rings. The van der Waals surface area contributed by atoms with Crippen molar-refractivity contribution in [1.29, 1.82) is 0 Å². The molecule has 0 aromatic rings. The van der Waals surface area contributed by atoms with E-state index in [0.717, 1.165) is 63.4 Å². The number of amides is 2. The smallest absolute Gasteiger partial charge is 0.234 e. The van der Waals surface area contributed by atoms with E-state index >= 15 is 0 Å². The standard InChI is InChI=1S/C14H26N4O2S2/c15-13(19)11-3-1-5-17(11)7-9-21-22-10-8-18-6-2-4-12(18)14(16)20/h11-12H,1-10H2,(H2,15,19)(H2,16,20)/t11-,12-/m0/s1. The van der Waals surface area contributed by atoms with Gasteiger partial charge in [0, 0.05) is 24.6 Å². The fourth-order valence-electron chi connectivity index (χ4n) is 3.26. The van der Waals surface area contributed by atoms with Crippen LogP contribution in [-0.2, 0) is 9.59 Å². The molecular formula is C14H26N4O2S2. The first-order valence-electron chi connectivity index (χ1n) is 7.90. The molecule has 0 aromatic carbocycles. The quantitative estimate of drug-likeness (QED) is 0.460. The van der Waals surface area contributed by atoms with Crippen molar-refractivity contribution in [3.05, 3.63) is 0 Å². The molecule has 2 rings (SSSR count). The van der Waals surface area contributed by atoms with E-state index in [1.54, 1.807) is 0 Å². The van der Waals surface area contributed by atoms with Gasteiger partial charge in [-0.25, -0.2) is 0 Å². The normalized spacial score (nSPS) is 26.5. The first kappa shape index (κ1) is 17.9. The molecule has 0 radical (unpaired) electrons. The van der Waals surface area contributed by atoms with Gasteiger partial charge in [-0.05, 0) is 38.8 Å². The molecule has 0 bridgehead atoms. The van der Waals surface area contributed by atoms with E-state index in [2.05, 4.69) is 9.80 Å². The summed E-state index contributed by atoms with van der Waals surface area (Å²) in [5, 5.41) is 0. The topological polar surface area (TPSA) is 92.7 Å². The zero-order valence-corrected chi connectivity index (χ0v) is 14.5. The van der Waals surface area contributed by atoms with Gasteiger partial charge in [-0.1, -0.05) is 21.6 Å². The van der Waals surface area contributed by atoms with E-state index in [4.69, 9.17) is 11.5 Å². The van der Waals surface area contributed by atoms with Crippen molar-refractivity contribution in [2.24, 2.45) is 11.5 Å². The summed E-state index contributed by atoms with van der Waals surface area (Å²) in [6.07, 6.45) is 3.93. The Bertz CT molecular complexity index is 361. The minimum Gasteiger partial charge on any atom is -0.368 e. The number of hydrogen-bond acceptors (Lipinski definition) is 6. The SMILES string of the molecule is NC(=O)[C@@H]1CCCN1CCSSCCN1CCC[C@H]1C(N)=O. The first-order chi connectivity index (χ1) is 10.6. The van der Waals surface area contributed by atoms with Crippen LogP contribution in [-0.4, -0.2) is 71.4 Å². The fourth-order valence-corrected chi connectivity index (χ4v) is 5.27. The molecule has 2 aliphatic heterocycles. The molecule has 2 heterocycles. The van der Waals surface area contributed by atoms with Crippen LogP contribution in [0.5, 0.6) is 0 Å². The Hall–Kier alpha value is -0.440. The summed E-state index contributed by atoms with van der Waals surface area (Å²) >= 11 is 0. The zero-order valence-electron chi connectivity index (χ0n) is 12.9. The van der Waals surface area contributed by atoms with E-state index < -0.39 is 0 Å². The van der Waals surface area contributed by atoms with Crippen molar-refractivity contribution >= 4 is 33.4 Å². The molecule has 0 unspecified atom stereocenters. The number of hydrogen-bond donors (Lipinski definition) is 2. The third-order valence-electron chi connectivity index (χ3n) is 4.39. The molecule has 0 spiro atoms. The minimum absolute atomic E-state index is 0.0634. The van der Waals surface area contributed by atoms with E-state index in [0.29, 0.717) is 0 Å². The van der Waals surface area contributed by atoms with Gasteiger partial charge in [-0.3, -0.25) is 19.4 Å². The average Bonchev–Trinajstić information content (AvgIpc) is 3.11. The number of carbonyl (C=O) groups excluding carboxylic acids is 2. The number of nitrogens with zero attached hydrogens (tertiary/aromatic N) is 2. The maximum atomic E-state index is 11.3. The Kier molecular flexibility index (Phi) is 7.33. The van der Waals surface area contributed by atoms with Crippen molar-refractivity contribution in [3.63, 3.8) is 0 Å². The van der Waals surface area contributed by atoms with Crippen molar-refractivity contribution in [2.75, 3.05) is 37.7 Å². The molecule has 2 atom stereocenters. The van der Waals surface area contributed by atoms with Crippen molar-refractivity contribution in [3.8, 4) is 0 Å². The van der Waals surface area contributed by atoms with Gasteiger partial charge in [0.2, 0.25) is 11.8 Å². The summed E-state index contributed by atoms with van der Waals surface area (Å²) in [6.45, 7) is 3.79. The summed E-state index contributed by atoms with van der Waals surface area (Å²) in [6, 6.07) is -0.127. The predicted molar refractivity (Wildman–Crippen MR) is 92.5 cm³/mol. The van der Waals surface area contributed by atoms with Gasteiger partial charge in [0.25, 0.3) is 0 Å². The van der Waals surface area contributed by atoms with Gasteiger partial charge in [-0.2, -0.15) is 0 Å². The molecular weight excluding hydrogens is 320 g/mol. The van der Waals surface area contributed by atoms with Crippen LogP contribution >= 0.6 is 21.6 Å². The third-order valence-corrected chi connectivity index (χ3v) is 6.76. The molecule has 8 heteroatoms. The number of primary amides is 2. The lowest BCUT2D eigenvalue weighted by Crippen LogP contribution is -2.41. The van der Waals surface area contributed by atoms with Crippen molar-refractivity contribution < 1.29 is 9.59 Å². The summed E-state index contributed by atoms with van der Waals surface area (Å²) in [5.41, 5.74) is 10.8. The molecule has 6 nitrogen and oxygen atoms in total. The van der Waals surface area contributed by atoms with Gasteiger partial charge in [-0.15, -0.1) is 0 Å². The maximum absolute atomic E-state index is 11.3. The van der Waals surface area contributed by atoms with Gasteiger partial charge in [0.15, 0.2) is 0 Å². The largest absolute Gasteiger partial charge is 0.368 e. The first-order valence-corrected chi connectivity index (χ1v) is 10.4. The third kappa shape index (κ3) is 5.04. The molecule has 0 aliphatic carbocycles. The monoisotopic (exact) mass is 346 g/mol. The summed E-state index contributed by atoms with van der Waals surface area (Å²) in [4.78, 5) is 27.0. The van der Waals surface area contributed by atoms with Gasteiger partial charge >= 0.3 is 0 Å². The van der Waals surface area contributed by atoms with E-state index in [1.807, 2.05) is 21.6 Å². The Morgan fingerprint density at radius 2 is 1.27 bits per heavy atom. The van der Waals surface area contributed by atoms with Crippen molar-refractivity contribution in [1.82, 2.24) is 9.80 Å². The van der Waals surface area contributed by atoms with Crippen molar-refractivity contribution in [2.45, 2.75) is 37.8 Å². The highest BCUT2D eigenvalue weighted by Crippen LogP contribution is 2.25. The summed E-state index contributed by atoms with van der Waals surface area (Å²) in [7, 11) is 3.65. The molecule has 126 valence electrons. The number of likely N-dealkylation sites (tertiary alicyclic amines) is 2.